The molecule has 0 fully saturated rings. The molecule has 0 amide bonds. The number of phenols is 1. The number of guanidine groups is 1. The molecule has 1 rings (SSSR count). The summed E-state index contributed by atoms with van der Waals surface area (Å²) in [5, 5.41) is 13.2. The number of rotatable bonds is 10. The summed E-state index contributed by atoms with van der Waals surface area (Å²) in [4.78, 5) is 6.81. The second kappa shape index (κ2) is 13.8. The molecule has 0 aliphatic heterocycles. The van der Waals surface area contributed by atoms with Crippen LogP contribution in [0.4, 0.5) is 0 Å². The van der Waals surface area contributed by atoms with Crippen LogP contribution in [0.25, 0.3) is 0 Å². The zero-order valence-electron chi connectivity index (χ0n) is 15.6. The highest BCUT2D eigenvalue weighted by Crippen LogP contribution is 2.26. The largest absolute Gasteiger partial charge is 0.504 e. The van der Waals surface area contributed by atoms with Gasteiger partial charge in [-0.3, -0.25) is 0 Å². The summed E-state index contributed by atoms with van der Waals surface area (Å²) >= 11 is 0. The number of allylic oxidation sites excluding steroid dienone is 1. The Morgan fingerprint density at radius 3 is 2.72 bits per heavy atom. The van der Waals surface area contributed by atoms with Gasteiger partial charge in [0.25, 0.3) is 0 Å². The molecule has 1 aromatic carbocycles. The van der Waals surface area contributed by atoms with Gasteiger partial charge in [-0.2, -0.15) is 0 Å². The molecule has 6 heteroatoms. The lowest BCUT2D eigenvalue weighted by atomic mass is 10.2. The second-order valence-electron chi connectivity index (χ2n) is 5.74. The fourth-order valence-corrected chi connectivity index (χ4v) is 2.39. The van der Waals surface area contributed by atoms with E-state index in [1.807, 2.05) is 12.1 Å². The maximum absolute atomic E-state index is 9.85. The normalized spacial score (nSPS) is 10.8. The molecule has 0 radical (unpaired) electrons. The Bertz CT molecular complexity index is 535. The van der Waals surface area contributed by atoms with Crippen molar-refractivity contribution in [3.05, 3.63) is 36.4 Å². The third-order valence-electron chi connectivity index (χ3n) is 3.75. The van der Waals surface area contributed by atoms with Crippen molar-refractivity contribution in [3.63, 3.8) is 0 Å². The van der Waals surface area contributed by atoms with Crippen molar-refractivity contribution in [3.8, 4) is 11.5 Å². The van der Waals surface area contributed by atoms with Gasteiger partial charge in [-0.1, -0.05) is 18.6 Å². The van der Waals surface area contributed by atoms with Gasteiger partial charge in [0.15, 0.2) is 17.5 Å². The Morgan fingerprint density at radius 1 is 1.36 bits per heavy atom. The van der Waals surface area contributed by atoms with E-state index in [4.69, 9.17) is 4.74 Å². The van der Waals surface area contributed by atoms with Crippen molar-refractivity contribution in [1.29, 1.82) is 0 Å². The maximum atomic E-state index is 9.85. The van der Waals surface area contributed by atoms with Crippen LogP contribution in [-0.2, 0) is 6.54 Å². The number of unbranched alkanes of at least 4 members (excludes halogenated alkanes) is 3. The number of nitrogens with one attached hydrogen (secondary N) is 1. The molecule has 0 bridgehead atoms. The number of aliphatic imine (C=N–C) groups is 1. The summed E-state index contributed by atoms with van der Waals surface area (Å²) in [5.41, 5.74) is 0.947. The van der Waals surface area contributed by atoms with Crippen LogP contribution in [0.1, 0.15) is 38.2 Å². The van der Waals surface area contributed by atoms with Crippen molar-refractivity contribution in [1.82, 2.24) is 10.2 Å². The Morgan fingerprint density at radius 2 is 2.12 bits per heavy atom. The number of methoxy groups -OCH3 is 1. The summed E-state index contributed by atoms with van der Waals surface area (Å²) in [7, 11) is 3.60. The van der Waals surface area contributed by atoms with Crippen LogP contribution in [0.2, 0.25) is 0 Å². The number of benzene rings is 1. The molecule has 0 atom stereocenters. The van der Waals surface area contributed by atoms with E-state index >= 15 is 0 Å². The fraction of sp³-hybridized carbons (Fsp3) is 0.526. The highest BCUT2D eigenvalue weighted by Gasteiger charge is 2.06. The number of aromatic hydroxyl groups is 1. The molecular formula is C19H32IN3O2. The van der Waals surface area contributed by atoms with E-state index in [1.165, 1.54) is 12.8 Å². The second-order valence-corrected chi connectivity index (χ2v) is 5.74. The minimum atomic E-state index is 0. The molecule has 0 aliphatic rings. The smallest absolute Gasteiger partial charge is 0.193 e. The van der Waals surface area contributed by atoms with Gasteiger partial charge in [-0.25, -0.2) is 4.99 Å². The van der Waals surface area contributed by atoms with Crippen molar-refractivity contribution >= 4 is 29.9 Å². The van der Waals surface area contributed by atoms with Crippen LogP contribution in [-0.4, -0.2) is 43.2 Å². The molecule has 0 saturated carbocycles. The molecule has 0 heterocycles. The first kappa shape index (κ1) is 23.6. The number of ether oxygens (including phenoxy) is 1. The molecular weight excluding hydrogens is 429 g/mol. The van der Waals surface area contributed by atoms with Crippen LogP contribution >= 0.6 is 24.0 Å². The van der Waals surface area contributed by atoms with Crippen LogP contribution < -0.4 is 10.1 Å². The predicted molar refractivity (Wildman–Crippen MR) is 116 cm³/mol. The fourth-order valence-electron chi connectivity index (χ4n) is 2.39. The zero-order chi connectivity index (χ0) is 17.8. The van der Waals surface area contributed by atoms with Gasteiger partial charge in [-0.15, -0.1) is 30.6 Å². The van der Waals surface area contributed by atoms with Crippen LogP contribution in [0.3, 0.4) is 0 Å². The van der Waals surface area contributed by atoms with Crippen molar-refractivity contribution in [2.75, 3.05) is 27.2 Å². The minimum absolute atomic E-state index is 0. The number of phenolic OH excluding ortho intramolecular Hbond substituents is 1. The Hall–Kier alpha value is -1.44. The van der Waals surface area contributed by atoms with Gasteiger partial charge in [0.05, 0.1) is 13.7 Å². The zero-order valence-corrected chi connectivity index (χ0v) is 18.0. The van der Waals surface area contributed by atoms with Gasteiger partial charge in [0.2, 0.25) is 0 Å². The quantitative estimate of drug-likeness (QED) is 0.181. The standard InChI is InChI=1S/C19H31N3O2.HI/c1-5-7-8-9-10-13-22(3)19(20-6-2)21-15-16-11-12-18(24-4)17(23)14-16;/h5,11-12,14,23H,1,6-10,13,15H2,2-4H3,(H,20,21);1H. The van der Waals surface area contributed by atoms with Gasteiger partial charge in [0, 0.05) is 20.1 Å². The molecule has 0 aromatic heterocycles. The summed E-state index contributed by atoms with van der Waals surface area (Å²) in [6.45, 7) is 8.12. The van der Waals surface area contributed by atoms with Crippen LogP contribution in [0, 0.1) is 0 Å². The monoisotopic (exact) mass is 461 g/mol. The Kier molecular flexibility index (Phi) is 13.0. The molecule has 0 aliphatic carbocycles. The lowest BCUT2D eigenvalue weighted by Gasteiger charge is -2.22. The molecule has 5 nitrogen and oxygen atoms in total. The first-order chi connectivity index (χ1) is 11.6. The number of nitrogens with zero attached hydrogens (tertiary/aromatic N) is 2. The first-order valence-corrected chi connectivity index (χ1v) is 8.58. The summed E-state index contributed by atoms with van der Waals surface area (Å²) in [6.07, 6.45) is 6.58. The van der Waals surface area contributed by atoms with Gasteiger partial charge in [0.1, 0.15) is 0 Å². The Labute approximate surface area is 169 Å². The predicted octanol–water partition coefficient (Wildman–Crippen LogP) is 4.16. The lowest BCUT2D eigenvalue weighted by Crippen LogP contribution is -2.39. The highest BCUT2D eigenvalue weighted by molar-refractivity contribution is 14.0. The average molecular weight is 461 g/mol. The molecule has 142 valence electrons. The van der Waals surface area contributed by atoms with Crippen molar-refractivity contribution in [2.24, 2.45) is 4.99 Å². The van der Waals surface area contributed by atoms with E-state index in [0.717, 1.165) is 37.5 Å². The third-order valence-corrected chi connectivity index (χ3v) is 3.75. The molecule has 25 heavy (non-hydrogen) atoms. The molecule has 2 N–H and O–H groups in total. The van der Waals surface area contributed by atoms with Crippen molar-refractivity contribution < 1.29 is 9.84 Å². The minimum Gasteiger partial charge on any atom is -0.504 e. The Balaban J connectivity index is 0.00000576. The SMILES string of the molecule is C=CCCCCCN(C)C(=NCc1ccc(OC)c(O)c1)NCC.I. The van der Waals surface area contributed by atoms with E-state index in [1.54, 1.807) is 19.2 Å². The average Bonchev–Trinajstić information content (AvgIpc) is 2.58. The molecule has 0 saturated heterocycles. The summed E-state index contributed by atoms with van der Waals surface area (Å²) in [6, 6.07) is 5.37. The molecule has 1 aromatic rings. The summed E-state index contributed by atoms with van der Waals surface area (Å²) < 4.78 is 5.06. The lowest BCUT2D eigenvalue weighted by molar-refractivity contribution is 0.373. The van der Waals surface area contributed by atoms with E-state index in [9.17, 15) is 5.11 Å². The van der Waals surface area contributed by atoms with Gasteiger partial charge < -0.3 is 20.1 Å². The highest BCUT2D eigenvalue weighted by atomic mass is 127. The number of hydrogen-bond acceptors (Lipinski definition) is 3. The van der Waals surface area contributed by atoms with E-state index in [2.05, 4.69) is 35.8 Å². The molecule has 0 unspecified atom stereocenters. The van der Waals surface area contributed by atoms with Gasteiger partial charge >= 0.3 is 0 Å². The van der Waals surface area contributed by atoms with Crippen LogP contribution in [0.15, 0.2) is 35.8 Å². The van der Waals surface area contributed by atoms with Gasteiger partial charge in [-0.05, 0) is 43.9 Å². The third kappa shape index (κ3) is 9.00. The van der Waals surface area contributed by atoms with Crippen LogP contribution in [0.5, 0.6) is 11.5 Å². The number of hydrogen-bond donors (Lipinski definition) is 2. The topological polar surface area (TPSA) is 57.1 Å². The van der Waals surface area contributed by atoms with Crippen molar-refractivity contribution in [2.45, 2.75) is 39.2 Å². The number of halogens is 1. The first-order valence-electron chi connectivity index (χ1n) is 8.58. The molecule has 0 spiro atoms. The van der Waals surface area contributed by atoms with E-state index < -0.39 is 0 Å². The maximum Gasteiger partial charge on any atom is 0.193 e. The van der Waals surface area contributed by atoms with E-state index in [0.29, 0.717) is 12.3 Å². The van der Waals surface area contributed by atoms with E-state index in [-0.39, 0.29) is 29.7 Å². The summed E-state index contributed by atoms with van der Waals surface area (Å²) in [5.74, 6) is 1.51.